The third kappa shape index (κ3) is 6.27. The van der Waals surface area contributed by atoms with E-state index in [4.69, 9.17) is 11.8 Å². The molecule has 0 aliphatic rings. The molecule has 0 spiro atoms. The number of nitrogens with zero attached hydrogens (tertiary/aromatic N) is 5. The number of imidazole rings is 2. The molecule has 2 aromatic heterocycles. The first kappa shape index (κ1) is 33.9. The van der Waals surface area contributed by atoms with Crippen LogP contribution >= 0.6 is 0 Å². The second-order valence-corrected chi connectivity index (χ2v) is 12.6. The molecule has 0 amide bonds. The van der Waals surface area contributed by atoms with Gasteiger partial charge >= 0.3 is 21.1 Å². The third-order valence-electron chi connectivity index (χ3n) is 8.46. The molecule has 0 aliphatic heterocycles. The van der Waals surface area contributed by atoms with E-state index in [0.717, 1.165) is 33.4 Å². The molecule has 0 aliphatic carbocycles. The number of hydrogen-bond donors (Lipinski definition) is 0. The number of para-hydroxylation sites is 2. The van der Waals surface area contributed by atoms with Crippen molar-refractivity contribution < 1.29 is 30.2 Å². The van der Waals surface area contributed by atoms with Crippen molar-refractivity contribution in [1.29, 1.82) is 5.26 Å². The van der Waals surface area contributed by atoms with Crippen LogP contribution in [0.3, 0.4) is 0 Å². The van der Waals surface area contributed by atoms with Crippen molar-refractivity contribution >= 4 is 22.1 Å². The van der Waals surface area contributed by atoms with Crippen LogP contribution in [0, 0.1) is 37.5 Å². The van der Waals surface area contributed by atoms with E-state index in [1.54, 1.807) is 0 Å². The van der Waals surface area contributed by atoms with Gasteiger partial charge in [-0.05, 0) is 46.9 Å². The van der Waals surface area contributed by atoms with Crippen LogP contribution in [-0.4, -0.2) is 9.13 Å². The minimum Gasteiger partial charge on any atom is -0.512 e. The van der Waals surface area contributed by atoms with Crippen LogP contribution in [0.1, 0.15) is 81.5 Å². The number of hydrogen-bond acceptors (Lipinski definition) is 1. The maximum Gasteiger partial charge on any atom is 4.00 e. The van der Waals surface area contributed by atoms with Gasteiger partial charge in [0.1, 0.15) is 0 Å². The molecule has 0 saturated heterocycles. The summed E-state index contributed by atoms with van der Waals surface area (Å²) >= 11 is 0. The Balaban J connectivity index is 0.00000151. The SMILES string of the molecule is Cc1ccc2c(c1)[n+](-c1[c-]c(-[n+]3[c-]n(C)c4ccccc43)cc(-c3c(C(C)C)cc(C(C)C)cc3C(C)C)c1)[c-]n2C.[C-]#N.[Pt+4]. The molecule has 2 heterocycles. The standard InChI is InChI=1S/C38H41N4.CN.Pt/c1-24(2)28-19-32(25(3)4)38(33(20-28)26(5)6)29-17-30(41-22-39(8)34-12-10-11-13-36(34)41)21-31(18-29)42-23-40(9)35-15-14-27(7)16-37(35)42;1-2;/h10-20,24-26H,1-9H3;;/q2*-1;+4. The molecular weight excluding hydrogens is 734 g/mol. The van der Waals surface area contributed by atoms with E-state index in [1.807, 2.05) is 0 Å². The van der Waals surface area contributed by atoms with Gasteiger partial charge in [0.05, 0.1) is 36.2 Å². The maximum absolute atomic E-state index is 6.25. The average Bonchev–Trinajstić information content (AvgIpc) is 3.53. The van der Waals surface area contributed by atoms with E-state index in [2.05, 4.69) is 166 Å². The zero-order valence-electron chi connectivity index (χ0n) is 27.6. The second kappa shape index (κ2) is 13.6. The Hall–Kier alpha value is -4.00. The topological polar surface area (TPSA) is 41.4 Å². The Labute approximate surface area is 282 Å². The van der Waals surface area contributed by atoms with Crippen LogP contribution in [0.4, 0.5) is 0 Å². The Morgan fingerprint density at radius 2 is 1.18 bits per heavy atom. The number of aryl methyl sites for hydroxylation is 3. The molecule has 45 heavy (non-hydrogen) atoms. The molecule has 5 nitrogen and oxygen atoms in total. The van der Waals surface area contributed by atoms with Crippen molar-refractivity contribution in [3.63, 3.8) is 0 Å². The molecule has 6 aromatic rings. The minimum absolute atomic E-state index is 0. The van der Waals surface area contributed by atoms with E-state index in [-0.39, 0.29) is 21.1 Å². The Morgan fingerprint density at radius 1 is 0.667 bits per heavy atom. The fraction of sp³-hybridized carbons (Fsp3) is 0.308. The number of rotatable bonds is 6. The zero-order valence-corrected chi connectivity index (χ0v) is 29.9. The summed E-state index contributed by atoms with van der Waals surface area (Å²) in [5.41, 5.74) is 14.3. The number of benzene rings is 4. The Bertz CT molecular complexity index is 1980. The second-order valence-electron chi connectivity index (χ2n) is 12.6. The van der Waals surface area contributed by atoms with E-state index < -0.39 is 0 Å². The van der Waals surface area contributed by atoms with Crippen LogP contribution in [-0.2, 0) is 35.2 Å². The fourth-order valence-electron chi connectivity index (χ4n) is 6.13. The summed E-state index contributed by atoms with van der Waals surface area (Å²) in [6.45, 7) is 20.7. The van der Waals surface area contributed by atoms with Crippen molar-refractivity contribution in [2.75, 3.05) is 0 Å². The number of fused-ring (bicyclic) bond motifs is 2. The first-order valence-electron chi connectivity index (χ1n) is 15.3. The average molecular weight is 775 g/mol. The molecule has 6 rings (SSSR count). The van der Waals surface area contributed by atoms with E-state index in [9.17, 15) is 0 Å². The summed E-state index contributed by atoms with van der Waals surface area (Å²) in [5.74, 6) is 1.22. The van der Waals surface area contributed by atoms with Gasteiger partial charge in [0.25, 0.3) is 0 Å². The van der Waals surface area contributed by atoms with Crippen molar-refractivity contribution in [3.05, 3.63) is 114 Å². The quantitative estimate of drug-likeness (QED) is 0.125. The van der Waals surface area contributed by atoms with Crippen molar-refractivity contribution in [1.82, 2.24) is 9.13 Å². The summed E-state index contributed by atoms with van der Waals surface area (Å²) in [5, 5.41) is 6.25. The summed E-state index contributed by atoms with van der Waals surface area (Å²) in [4.78, 5) is 0. The largest absolute Gasteiger partial charge is 4.00 e. The minimum atomic E-state index is 0. The molecule has 0 bridgehead atoms. The Morgan fingerprint density at radius 3 is 1.71 bits per heavy atom. The summed E-state index contributed by atoms with van der Waals surface area (Å²) < 4.78 is 8.44. The molecule has 0 atom stereocenters. The number of aromatic nitrogens is 4. The summed E-state index contributed by atoms with van der Waals surface area (Å²) in [7, 11) is 4.11. The van der Waals surface area contributed by atoms with Gasteiger partial charge in [-0.2, -0.15) is 18.2 Å². The van der Waals surface area contributed by atoms with Crippen molar-refractivity contribution in [2.24, 2.45) is 14.1 Å². The van der Waals surface area contributed by atoms with Gasteiger partial charge < -0.3 is 30.1 Å². The summed E-state index contributed by atoms with van der Waals surface area (Å²) in [6.07, 6.45) is 7.13. The zero-order chi connectivity index (χ0) is 31.9. The van der Waals surface area contributed by atoms with Crippen LogP contribution in [0.15, 0.2) is 66.7 Å². The Kier molecular flexibility index (Phi) is 10.2. The monoisotopic (exact) mass is 774 g/mol. The predicted molar refractivity (Wildman–Crippen MR) is 176 cm³/mol. The van der Waals surface area contributed by atoms with Crippen molar-refractivity contribution in [3.8, 4) is 22.5 Å². The van der Waals surface area contributed by atoms with Crippen LogP contribution < -0.4 is 9.13 Å². The third-order valence-corrected chi connectivity index (χ3v) is 8.46. The van der Waals surface area contributed by atoms with Gasteiger partial charge in [-0.25, -0.2) is 0 Å². The predicted octanol–water partition coefficient (Wildman–Crippen LogP) is 8.06. The van der Waals surface area contributed by atoms with Gasteiger partial charge in [-0.15, -0.1) is 5.56 Å². The first-order chi connectivity index (χ1) is 21.0. The molecular formula is C39H41N5Pt+2. The van der Waals surface area contributed by atoms with Gasteiger partial charge in [0, 0.05) is 0 Å². The van der Waals surface area contributed by atoms with Crippen LogP contribution in [0.2, 0.25) is 0 Å². The van der Waals surface area contributed by atoms with Crippen LogP contribution in [0.5, 0.6) is 0 Å². The first-order valence-corrected chi connectivity index (χ1v) is 15.3. The normalized spacial score (nSPS) is 11.3. The molecule has 0 radical (unpaired) electrons. The van der Waals surface area contributed by atoms with E-state index >= 15 is 0 Å². The molecule has 230 valence electrons. The maximum atomic E-state index is 6.25. The molecule has 0 fully saturated rings. The smallest absolute Gasteiger partial charge is 0.512 e. The van der Waals surface area contributed by atoms with Gasteiger partial charge in [-0.1, -0.05) is 113 Å². The fourth-order valence-corrected chi connectivity index (χ4v) is 6.13. The van der Waals surface area contributed by atoms with Gasteiger partial charge in [-0.3, -0.25) is 0 Å². The van der Waals surface area contributed by atoms with Gasteiger partial charge in [0.15, 0.2) is 0 Å². The molecule has 6 heteroatoms. The molecule has 0 unspecified atom stereocenters. The van der Waals surface area contributed by atoms with Crippen LogP contribution in [0.25, 0.3) is 44.6 Å². The van der Waals surface area contributed by atoms with E-state index in [0.29, 0.717) is 17.8 Å². The molecule has 0 N–H and O–H groups in total. The molecule has 0 saturated carbocycles. The molecule has 4 aromatic carbocycles. The van der Waals surface area contributed by atoms with Crippen molar-refractivity contribution in [2.45, 2.75) is 66.2 Å². The summed E-state index contributed by atoms with van der Waals surface area (Å²) in [6, 6.07) is 28.3. The van der Waals surface area contributed by atoms with Gasteiger partial charge in [0.2, 0.25) is 12.7 Å². The van der Waals surface area contributed by atoms with E-state index in [1.165, 1.54) is 33.4 Å².